The van der Waals surface area contributed by atoms with Crippen molar-refractivity contribution in [3.05, 3.63) is 72.1 Å². The smallest absolute Gasteiger partial charge is 0.124 e. The van der Waals surface area contributed by atoms with E-state index in [0.29, 0.717) is 0 Å². The van der Waals surface area contributed by atoms with Crippen LogP contribution in [0.2, 0.25) is 0 Å². The second kappa shape index (κ2) is 5.28. The molecule has 22 heavy (non-hydrogen) atoms. The van der Waals surface area contributed by atoms with Crippen LogP contribution in [-0.2, 0) is 0 Å². The lowest BCUT2D eigenvalue weighted by Gasteiger charge is -2.02. The Morgan fingerprint density at radius 1 is 0.773 bits per heavy atom. The third kappa shape index (κ3) is 2.36. The number of benzene rings is 3. The first kappa shape index (κ1) is 13.0. The molecule has 106 valence electrons. The van der Waals surface area contributed by atoms with Crippen molar-refractivity contribution >= 4 is 27.8 Å². The molecule has 2 nitrogen and oxygen atoms in total. The van der Waals surface area contributed by atoms with Crippen LogP contribution in [0.25, 0.3) is 32.6 Å². The van der Waals surface area contributed by atoms with Crippen LogP contribution in [0, 0.1) is 0 Å². The predicted octanol–water partition coefficient (Wildman–Crippen LogP) is 5.21. The lowest BCUT2D eigenvalue weighted by Crippen LogP contribution is -1.84. The number of thiazole rings is 1. The fraction of sp³-hybridized carbons (Fsp3) is 0. The molecule has 4 aromatic rings. The van der Waals surface area contributed by atoms with Crippen molar-refractivity contribution in [2.75, 3.05) is 5.73 Å². The maximum Gasteiger partial charge on any atom is 0.124 e. The minimum Gasteiger partial charge on any atom is -0.399 e. The first-order chi connectivity index (χ1) is 10.8. The van der Waals surface area contributed by atoms with Crippen LogP contribution < -0.4 is 5.73 Å². The van der Waals surface area contributed by atoms with Crippen molar-refractivity contribution in [2.45, 2.75) is 0 Å². The van der Waals surface area contributed by atoms with E-state index < -0.39 is 0 Å². The largest absolute Gasteiger partial charge is 0.399 e. The molecular weight excluding hydrogens is 288 g/mol. The number of anilines is 1. The van der Waals surface area contributed by atoms with E-state index in [1.807, 2.05) is 36.4 Å². The van der Waals surface area contributed by atoms with Crippen LogP contribution in [-0.4, -0.2) is 4.98 Å². The Morgan fingerprint density at radius 2 is 1.59 bits per heavy atom. The standard InChI is InChI=1S/C19H14N2S/c20-17-9-8-13-6-7-15(10-16(13)11-17)19-21-18(12-22-19)14-4-2-1-3-5-14/h1-12H,20H2. The fourth-order valence-corrected chi connectivity index (χ4v) is 3.37. The van der Waals surface area contributed by atoms with E-state index in [-0.39, 0.29) is 0 Å². The zero-order valence-corrected chi connectivity index (χ0v) is 12.7. The number of fused-ring (bicyclic) bond motifs is 1. The van der Waals surface area contributed by atoms with Crippen molar-refractivity contribution in [1.29, 1.82) is 0 Å². The van der Waals surface area contributed by atoms with E-state index in [0.717, 1.165) is 32.9 Å². The highest BCUT2D eigenvalue weighted by Gasteiger charge is 2.07. The fourth-order valence-electron chi connectivity index (χ4n) is 2.55. The van der Waals surface area contributed by atoms with Gasteiger partial charge in [-0.15, -0.1) is 11.3 Å². The van der Waals surface area contributed by atoms with Crippen molar-refractivity contribution in [2.24, 2.45) is 0 Å². The van der Waals surface area contributed by atoms with Crippen molar-refractivity contribution in [3.8, 4) is 21.8 Å². The summed E-state index contributed by atoms with van der Waals surface area (Å²) in [7, 11) is 0. The Kier molecular flexibility index (Phi) is 3.13. The molecule has 0 amide bonds. The van der Waals surface area contributed by atoms with E-state index in [2.05, 4.69) is 35.7 Å². The number of hydrogen-bond donors (Lipinski definition) is 1. The quantitative estimate of drug-likeness (QED) is 0.516. The molecule has 0 saturated carbocycles. The zero-order valence-electron chi connectivity index (χ0n) is 11.9. The molecule has 4 rings (SSSR count). The van der Waals surface area contributed by atoms with Crippen LogP contribution in [0.15, 0.2) is 72.1 Å². The molecule has 0 saturated heterocycles. The van der Waals surface area contributed by atoms with Gasteiger partial charge in [0, 0.05) is 22.2 Å². The highest BCUT2D eigenvalue weighted by Crippen LogP contribution is 2.31. The van der Waals surface area contributed by atoms with Gasteiger partial charge in [0.2, 0.25) is 0 Å². The van der Waals surface area contributed by atoms with E-state index in [9.17, 15) is 0 Å². The minimum absolute atomic E-state index is 0.786. The van der Waals surface area contributed by atoms with E-state index in [1.54, 1.807) is 11.3 Å². The molecule has 0 bridgehead atoms. The monoisotopic (exact) mass is 302 g/mol. The van der Waals surface area contributed by atoms with E-state index >= 15 is 0 Å². The Hall–Kier alpha value is -2.65. The molecular formula is C19H14N2S. The Morgan fingerprint density at radius 3 is 2.45 bits per heavy atom. The summed E-state index contributed by atoms with van der Waals surface area (Å²) < 4.78 is 0. The van der Waals surface area contributed by atoms with Gasteiger partial charge >= 0.3 is 0 Å². The first-order valence-corrected chi connectivity index (χ1v) is 7.98. The number of rotatable bonds is 2. The third-order valence-electron chi connectivity index (χ3n) is 3.68. The van der Waals surface area contributed by atoms with Gasteiger partial charge in [0.1, 0.15) is 5.01 Å². The minimum atomic E-state index is 0.786. The highest BCUT2D eigenvalue weighted by molar-refractivity contribution is 7.13. The maximum absolute atomic E-state index is 5.88. The number of hydrogen-bond acceptors (Lipinski definition) is 3. The van der Waals surface area contributed by atoms with Gasteiger partial charge in [0.15, 0.2) is 0 Å². The van der Waals surface area contributed by atoms with Crippen LogP contribution in [0.3, 0.4) is 0 Å². The van der Waals surface area contributed by atoms with E-state index in [4.69, 9.17) is 10.7 Å². The van der Waals surface area contributed by atoms with Gasteiger partial charge in [0.05, 0.1) is 5.69 Å². The van der Waals surface area contributed by atoms with Gasteiger partial charge in [-0.25, -0.2) is 4.98 Å². The molecule has 3 aromatic carbocycles. The summed E-state index contributed by atoms with van der Waals surface area (Å²) in [5, 5.41) is 5.48. The molecule has 0 fully saturated rings. The topological polar surface area (TPSA) is 38.9 Å². The molecule has 3 heteroatoms. The molecule has 0 radical (unpaired) electrons. The van der Waals surface area contributed by atoms with Gasteiger partial charge in [-0.2, -0.15) is 0 Å². The predicted molar refractivity (Wildman–Crippen MR) is 94.9 cm³/mol. The summed E-state index contributed by atoms with van der Waals surface area (Å²) in [5.74, 6) is 0. The van der Waals surface area contributed by atoms with E-state index in [1.165, 1.54) is 5.39 Å². The van der Waals surface area contributed by atoms with Gasteiger partial charge in [-0.1, -0.05) is 48.5 Å². The van der Waals surface area contributed by atoms with Crippen LogP contribution in [0.4, 0.5) is 5.69 Å². The summed E-state index contributed by atoms with van der Waals surface area (Å²) >= 11 is 1.67. The van der Waals surface area contributed by atoms with Crippen molar-refractivity contribution in [3.63, 3.8) is 0 Å². The number of nitrogens with zero attached hydrogens (tertiary/aromatic N) is 1. The van der Waals surface area contributed by atoms with Crippen molar-refractivity contribution < 1.29 is 0 Å². The molecule has 0 aliphatic carbocycles. The number of aromatic nitrogens is 1. The van der Waals surface area contributed by atoms with Gasteiger partial charge in [0.25, 0.3) is 0 Å². The second-order valence-corrected chi connectivity index (χ2v) is 6.08. The number of nitrogens with two attached hydrogens (primary N) is 1. The second-order valence-electron chi connectivity index (χ2n) is 5.23. The zero-order chi connectivity index (χ0) is 14.9. The Bertz CT molecular complexity index is 942. The molecule has 0 unspecified atom stereocenters. The normalized spacial score (nSPS) is 10.9. The average molecular weight is 302 g/mol. The SMILES string of the molecule is Nc1ccc2ccc(-c3nc(-c4ccccc4)cs3)cc2c1. The summed E-state index contributed by atoms with van der Waals surface area (Å²) in [6.45, 7) is 0. The maximum atomic E-state index is 5.88. The summed E-state index contributed by atoms with van der Waals surface area (Å²) in [4.78, 5) is 4.77. The summed E-state index contributed by atoms with van der Waals surface area (Å²) in [6.07, 6.45) is 0. The molecule has 0 spiro atoms. The van der Waals surface area contributed by atoms with Crippen LogP contribution >= 0.6 is 11.3 Å². The van der Waals surface area contributed by atoms with Crippen LogP contribution in [0.5, 0.6) is 0 Å². The third-order valence-corrected chi connectivity index (χ3v) is 4.58. The molecule has 1 heterocycles. The molecule has 2 N–H and O–H groups in total. The van der Waals surface area contributed by atoms with Crippen molar-refractivity contribution in [1.82, 2.24) is 4.98 Å². The lowest BCUT2D eigenvalue weighted by molar-refractivity contribution is 1.40. The molecule has 0 atom stereocenters. The number of nitrogen functional groups attached to an aromatic ring is 1. The molecule has 0 aliphatic rings. The molecule has 1 aromatic heterocycles. The van der Waals surface area contributed by atoms with Gasteiger partial charge in [-0.05, 0) is 29.0 Å². The summed E-state index contributed by atoms with van der Waals surface area (Å²) in [5.41, 5.74) is 9.97. The average Bonchev–Trinajstić information content (AvgIpc) is 3.05. The molecule has 0 aliphatic heterocycles. The lowest BCUT2D eigenvalue weighted by atomic mass is 10.1. The Labute approximate surface area is 132 Å². The Balaban J connectivity index is 1.77. The summed E-state index contributed by atoms with van der Waals surface area (Å²) in [6, 6.07) is 22.6. The highest BCUT2D eigenvalue weighted by atomic mass is 32.1. The van der Waals surface area contributed by atoms with Crippen LogP contribution in [0.1, 0.15) is 0 Å². The first-order valence-electron chi connectivity index (χ1n) is 7.10. The van der Waals surface area contributed by atoms with Gasteiger partial charge < -0.3 is 5.73 Å². The van der Waals surface area contributed by atoms with Gasteiger partial charge in [-0.3, -0.25) is 0 Å².